The number of aliphatic hydroxyl groups excluding tert-OH is 2. The molecule has 0 aromatic heterocycles. The topological polar surface area (TPSA) is 94.8 Å². The Morgan fingerprint density at radius 1 is 0.548 bits per heavy atom. The van der Waals surface area contributed by atoms with Gasteiger partial charge in [-0.3, -0.25) is 9.59 Å². The Hall–Kier alpha value is -1.04. The van der Waals surface area contributed by atoms with E-state index >= 15 is 0 Å². The Kier molecular flexibility index (Phi) is 29.3. The van der Waals surface area contributed by atoms with E-state index in [9.17, 15) is 24.9 Å². The van der Waals surface area contributed by atoms with Crippen LogP contribution in [0.15, 0.2) is 12.2 Å². The maximum Gasteiger partial charge on any atom is 0.178 e. The molecule has 2 unspecified atom stereocenters. The van der Waals surface area contributed by atoms with Crippen LogP contribution in [0.2, 0.25) is 0 Å². The van der Waals surface area contributed by atoms with E-state index in [1.165, 1.54) is 103 Å². The second kappa shape index (κ2) is 30.0. The van der Waals surface area contributed by atoms with Gasteiger partial charge in [0.2, 0.25) is 0 Å². The average molecular weight is 595 g/mol. The van der Waals surface area contributed by atoms with E-state index < -0.39 is 29.9 Å². The van der Waals surface area contributed by atoms with Crippen molar-refractivity contribution >= 4 is 11.6 Å². The second-order valence-corrected chi connectivity index (χ2v) is 12.7. The summed E-state index contributed by atoms with van der Waals surface area (Å²) in [4.78, 5) is 25.1. The van der Waals surface area contributed by atoms with Crippen LogP contribution >= 0.6 is 0 Å². The fourth-order valence-electron chi connectivity index (χ4n) is 5.62. The fourth-order valence-corrected chi connectivity index (χ4v) is 5.62. The Labute approximate surface area is 260 Å². The van der Waals surface area contributed by atoms with Gasteiger partial charge in [0.25, 0.3) is 0 Å². The molecule has 0 aliphatic carbocycles. The molecule has 0 aromatic rings. The van der Waals surface area contributed by atoms with Crippen LogP contribution in [-0.2, 0) is 9.59 Å². The van der Waals surface area contributed by atoms with Crippen molar-refractivity contribution in [2.75, 3.05) is 6.61 Å². The van der Waals surface area contributed by atoms with Crippen molar-refractivity contribution in [3.8, 4) is 0 Å². The fraction of sp³-hybridized carbons (Fsp3) is 0.892. The summed E-state index contributed by atoms with van der Waals surface area (Å²) >= 11 is 0. The molecule has 42 heavy (non-hydrogen) atoms. The minimum atomic E-state index is -2.38. The number of carbonyl (C=O) groups is 2. The molecule has 0 aliphatic heterocycles. The summed E-state index contributed by atoms with van der Waals surface area (Å²) in [6, 6.07) is 0. The van der Waals surface area contributed by atoms with Crippen molar-refractivity contribution in [1.29, 1.82) is 0 Å². The van der Waals surface area contributed by atoms with Crippen molar-refractivity contribution in [2.24, 2.45) is 0 Å². The molecule has 0 radical (unpaired) electrons. The van der Waals surface area contributed by atoms with Crippen LogP contribution in [0.5, 0.6) is 0 Å². The van der Waals surface area contributed by atoms with E-state index in [0.29, 0.717) is 12.8 Å². The van der Waals surface area contributed by atoms with Crippen LogP contribution in [0.4, 0.5) is 0 Å². The number of Topliss-reactive ketones (excluding diaryl/α,β-unsaturated/α-hetero) is 2. The highest BCUT2D eigenvalue weighted by Crippen LogP contribution is 2.20. The molecular formula is C37H70O5. The molecule has 0 saturated heterocycles. The van der Waals surface area contributed by atoms with Crippen LogP contribution in [0.3, 0.4) is 0 Å². The molecular weight excluding hydrogens is 524 g/mol. The molecule has 248 valence electrons. The zero-order valence-corrected chi connectivity index (χ0v) is 27.9. The molecule has 5 heteroatoms. The van der Waals surface area contributed by atoms with E-state index in [1.54, 1.807) is 0 Å². The van der Waals surface area contributed by atoms with Crippen molar-refractivity contribution in [2.45, 2.75) is 205 Å². The predicted molar refractivity (Wildman–Crippen MR) is 178 cm³/mol. The standard InChI is InChI=1S/C37H70O5/c1-3-5-7-9-11-13-15-17-18-20-22-24-26-28-30-32-35(40)37(42,33-38)36(41)34(39)31-29-27-25-23-21-19-16-14-12-10-8-6-4-2/h17-18,36,38,41-42H,3-16,19-33H2,1-2H3. The lowest BCUT2D eigenvalue weighted by atomic mass is 9.85. The first-order chi connectivity index (χ1) is 20.4. The van der Waals surface area contributed by atoms with Crippen molar-refractivity contribution in [1.82, 2.24) is 0 Å². The third-order valence-corrected chi connectivity index (χ3v) is 8.67. The maximum absolute atomic E-state index is 12.6. The zero-order valence-electron chi connectivity index (χ0n) is 27.9. The van der Waals surface area contributed by atoms with Gasteiger partial charge in [-0.25, -0.2) is 0 Å². The highest BCUT2D eigenvalue weighted by Gasteiger charge is 2.45. The number of ketones is 2. The molecule has 2 atom stereocenters. The second-order valence-electron chi connectivity index (χ2n) is 12.7. The van der Waals surface area contributed by atoms with Crippen LogP contribution in [-0.4, -0.2) is 45.2 Å². The summed E-state index contributed by atoms with van der Waals surface area (Å²) in [5.41, 5.74) is -2.38. The summed E-state index contributed by atoms with van der Waals surface area (Å²) in [6.07, 6.45) is 33.5. The minimum Gasteiger partial charge on any atom is -0.393 e. The Morgan fingerprint density at radius 3 is 1.26 bits per heavy atom. The molecule has 0 heterocycles. The molecule has 0 bridgehead atoms. The first kappa shape index (κ1) is 41.0. The molecule has 0 fully saturated rings. The third-order valence-electron chi connectivity index (χ3n) is 8.67. The molecule has 0 rings (SSSR count). The predicted octanol–water partition coefficient (Wildman–Crippen LogP) is 9.73. The quantitative estimate of drug-likeness (QED) is 0.0519. The highest BCUT2D eigenvalue weighted by molar-refractivity contribution is 5.96. The average Bonchev–Trinajstić information content (AvgIpc) is 3.00. The van der Waals surface area contributed by atoms with Crippen LogP contribution < -0.4 is 0 Å². The number of rotatable bonds is 33. The smallest absolute Gasteiger partial charge is 0.178 e. The van der Waals surface area contributed by atoms with Crippen LogP contribution in [0.25, 0.3) is 0 Å². The van der Waals surface area contributed by atoms with E-state index in [0.717, 1.165) is 51.4 Å². The molecule has 5 nitrogen and oxygen atoms in total. The molecule has 0 aromatic carbocycles. The number of hydrogen-bond acceptors (Lipinski definition) is 5. The van der Waals surface area contributed by atoms with Gasteiger partial charge in [0.15, 0.2) is 23.3 Å². The van der Waals surface area contributed by atoms with E-state index in [1.807, 2.05) is 0 Å². The van der Waals surface area contributed by atoms with Gasteiger partial charge in [-0.15, -0.1) is 0 Å². The third kappa shape index (κ3) is 22.5. The Bertz CT molecular complexity index is 646. The van der Waals surface area contributed by atoms with Gasteiger partial charge in [0.1, 0.15) is 0 Å². The van der Waals surface area contributed by atoms with Gasteiger partial charge in [-0.2, -0.15) is 0 Å². The summed E-state index contributed by atoms with van der Waals surface area (Å²) in [5.74, 6) is -1.18. The Morgan fingerprint density at radius 2 is 0.881 bits per heavy atom. The first-order valence-electron chi connectivity index (χ1n) is 18.2. The maximum atomic E-state index is 12.6. The summed E-state index contributed by atoms with van der Waals surface area (Å²) in [6.45, 7) is 3.56. The van der Waals surface area contributed by atoms with Crippen molar-refractivity contribution < 1.29 is 24.9 Å². The number of allylic oxidation sites excluding steroid dienone is 2. The molecule has 0 saturated carbocycles. The lowest BCUT2D eigenvalue weighted by molar-refractivity contribution is -0.165. The first-order valence-corrected chi connectivity index (χ1v) is 18.2. The van der Waals surface area contributed by atoms with E-state index in [4.69, 9.17) is 0 Å². The molecule has 0 amide bonds. The van der Waals surface area contributed by atoms with E-state index in [-0.39, 0.29) is 12.8 Å². The minimum absolute atomic E-state index is 0.0678. The van der Waals surface area contributed by atoms with Gasteiger partial charge in [-0.1, -0.05) is 154 Å². The van der Waals surface area contributed by atoms with Crippen LogP contribution in [0, 0.1) is 0 Å². The number of hydrogen-bond donors (Lipinski definition) is 3. The van der Waals surface area contributed by atoms with Gasteiger partial charge >= 0.3 is 0 Å². The van der Waals surface area contributed by atoms with Gasteiger partial charge in [0.05, 0.1) is 6.61 Å². The number of aliphatic hydroxyl groups is 3. The lowest BCUT2D eigenvalue weighted by Gasteiger charge is -2.29. The summed E-state index contributed by atoms with van der Waals surface area (Å²) < 4.78 is 0. The van der Waals surface area contributed by atoms with Crippen molar-refractivity contribution in [3.05, 3.63) is 12.2 Å². The number of carbonyl (C=O) groups excluding carboxylic acids is 2. The van der Waals surface area contributed by atoms with Gasteiger partial charge in [-0.05, 0) is 38.5 Å². The number of unbranched alkanes of at least 4 members (excludes halogenated alkanes) is 23. The van der Waals surface area contributed by atoms with Crippen LogP contribution in [0.1, 0.15) is 194 Å². The Balaban J connectivity index is 3.88. The summed E-state index contributed by atoms with van der Waals surface area (Å²) in [5, 5.41) is 30.8. The molecule has 0 spiro atoms. The van der Waals surface area contributed by atoms with E-state index in [2.05, 4.69) is 26.0 Å². The normalized spacial score (nSPS) is 13.9. The molecule has 0 aliphatic rings. The monoisotopic (exact) mass is 595 g/mol. The lowest BCUT2D eigenvalue weighted by Crippen LogP contribution is -2.55. The van der Waals surface area contributed by atoms with Crippen molar-refractivity contribution in [3.63, 3.8) is 0 Å². The zero-order chi connectivity index (χ0) is 31.2. The highest BCUT2D eigenvalue weighted by atomic mass is 16.4. The molecule has 3 N–H and O–H groups in total. The largest absolute Gasteiger partial charge is 0.393 e. The summed E-state index contributed by atoms with van der Waals surface area (Å²) in [7, 11) is 0. The SMILES string of the molecule is CCCCCCCCC=CCCCCCCCC(=O)C(O)(CO)C(O)C(=O)CCCCCCCCCCCCCCC. The van der Waals surface area contributed by atoms with Gasteiger partial charge < -0.3 is 15.3 Å². The van der Waals surface area contributed by atoms with Gasteiger partial charge in [0, 0.05) is 12.8 Å².